The third-order valence-electron chi connectivity index (χ3n) is 9.24. The lowest BCUT2D eigenvalue weighted by Crippen LogP contribution is -2.55. The molecule has 1 aliphatic carbocycles. The van der Waals surface area contributed by atoms with Gasteiger partial charge in [-0.3, -0.25) is 24.0 Å². The van der Waals surface area contributed by atoms with Gasteiger partial charge in [0, 0.05) is 51.8 Å². The zero-order valence-electron chi connectivity index (χ0n) is 28.3. The minimum Gasteiger partial charge on any atom is -0.467 e. The van der Waals surface area contributed by atoms with Crippen LogP contribution in [0.2, 0.25) is 0 Å². The van der Waals surface area contributed by atoms with E-state index in [-0.39, 0.29) is 81.2 Å². The molecule has 16 heteroatoms. The maximum Gasteiger partial charge on any atom is 0.407 e. The molecule has 2 atom stereocenters. The van der Waals surface area contributed by atoms with Crippen molar-refractivity contribution in [3.63, 3.8) is 0 Å². The van der Waals surface area contributed by atoms with Crippen molar-refractivity contribution in [2.24, 2.45) is 0 Å². The average molecular weight is 696 g/mol. The van der Waals surface area contributed by atoms with Gasteiger partial charge in [-0.15, -0.1) is 0 Å². The number of carbonyl (C=O) groups excluding carboxylic acids is 5. The molecule has 3 heterocycles. The minimum atomic E-state index is -1.06. The largest absolute Gasteiger partial charge is 0.467 e. The Hall–Kier alpha value is -5.15. The summed E-state index contributed by atoms with van der Waals surface area (Å²) < 4.78 is 12.4. The second-order valence-corrected chi connectivity index (χ2v) is 12.7. The number of piperazine rings is 1. The molecular weight excluding hydrogens is 650 g/mol. The summed E-state index contributed by atoms with van der Waals surface area (Å²) in [7, 11) is 0. The first-order valence-corrected chi connectivity index (χ1v) is 17.2. The Morgan fingerprint density at radius 2 is 1.66 bits per heavy atom. The van der Waals surface area contributed by atoms with Gasteiger partial charge in [-0.25, -0.2) is 9.48 Å². The van der Waals surface area contributed by atoms with Crippen LogP contribution in [0.4, 0.5) is 4.79 Å². The number of unbranched alkanes of at least 4 members (excludes halogenated alkanes) is 1. The molecule has 270 valence electrons. The van der Waals surface area contributed by atoms with Crippen LogP contribution in [-0.4, -0.2) is 129 Å². The van der Waals surface area contributed by atoms with E-state index in [1.54, 1.807) is 29.2 Å². The zero-order chi connectivity index (χ0) is 35.6. The van der Waals surface area contributed by atoms with Crippen LogP contribution in [0.5, 0.6) is 5.88 Å². The van der Waals surface area contributed by atoms with Crippen molar-refractivity contribution in [2.45, 2.75) is 76.4 Å². The molecule has 3 fully saturated rings. The van der Waals surface area contributed by atoms with Crippen LogP contribution >= 0.6 is 0 Å². The standard InChI is InChI=1S/C34H45N7O9/c1-23(42)49-20-6-5-13-26(33(46)38-16-18-39(19-17-38)34(47)48)36-31(44)27-21-30(41(37-27)25-11-3-2-4-12-25)50-22-29(43)40-15-8-14-28(40)32(45)35-24-9-7-10-24/h2-4,11-12,21,24,26,28H,5-10,13-20,22H2,1H3,(H,35,45)(H,36,44)(H,47,48). The number of amides is 5. The summed E-state index contributed by atoms with van der Waals surface area (Å²) in [6.07, 6.45) is 4.39. The van der Waals surface area contributed by atoms with Crippen molar-refractivity contribution in [1.82, 2.24) is 35.1 Å². The number of carboxylic acid groups (broad SMARTS) is 1. The second kappa shape index (κ2) is 17.0. The van der Waals surface area contributed by atoms with Crippen LogP contribution in [0, 0.1) is 0 Å². The summed E-state index contributed by atoms with van der Waals surface area (Å²) in [5.74, 6) is -1.80. The fraction of sp³-hybridized carbons (Fsp3) is 0.559. The molecule has 0 radical (unpaired) electrons. The Morgan fingerprint density at radius 1 is 0.940 bits per heavy atom. The van der Waals surface area contributed by atoms with Gasteiger partial charge in [0.05, 0.1) is 12.3 Å². The van der Waals surface area contributed by atoms with Crippen molar-refractivity contribution in [3.05, 3.63) is 42.1 Å². The van der Waals surface area contributed by atoms with Gasteiger partial charge in [0.2, 0.25) is 17.7 Å². The number of likely N-dealkylation sites (tertiary alicyclic amines) is 1. The molecule has 5 rings (SSSR count). The molecule has 3 N–H and O–H groups in total. The van der Waals surface area contributed by atoms with E-state index >= 15 is 0 Å². The number of ether oxygens (including phenoxy) is 2. The molecule has 1 aromatic carbocycles. The first-order valence-electron chi connectivity index (χ1n) is 17.2. The topological polar surface area (TPSA) is 193 Å². The smallest absolute Gasteiger partial charge is 0.407 e. The SMILES string of the molecule is CC(=O)OCCCCC(NC(=O)c1cc(OCC(=O)N2CCCC2C(=O)NC2CCC2)n(-c2ccccc2)n1)C(=O)N1CCN(C(=O)O)CC1. The number of nitrogens with zero attached hydrogens (tertiary/aromatic N) is 5. The summed E-state index contributed by atoms with van der Waals surface area (Å²) in [5, 5.41) is 19.6. The highest BCUT2D eigenvalue weighted by molar-refractivity contribution is 5.96. The third-order valence-corrected chi connectivity index (χ3v) is 9.24. The second-order valence-electron chi connectivity index (χ2n) is 12.7. The molecule has 0 bridgehead atoms. The van der Waals surface area contributed by atoms with Gasteiger partial charge in [0.1, 0.15) is 12.1 Å². The number of nitrogens with one attached hydrogen (secondary N) is 2. The fourth-order valence-corrected chi connectivity index (χ4v) is 6.23. The van der Waals surface area contributed by atoms with E-state index < -0.39 is 30.1 Å². The minimum absolute atomic E-state index is 0.0522. The summed E-state index contributed by atoms with van der Waals surface area (Å²) in [6.45, 7) is 2.21. The van der Waals surface area contributed by atoms with E-state index in [2.05, 4.69) is 15.7 Å². The molecule has 5 amide bonds. The van der Waals surface area contributed by atoms with Crippen LogP contribution in [0.3, 0.4) is 0 Å². The number of carbonyl (C=O) groups is 6. The van der Waals surface area contributed by atoms with Gasteiger partial charge >= 0.3 is 12.1 Å². The van der Waals surface area contributed by atoms with Crippen LogP contribution in [0.1, 0.15) is 68.8 Å². The average Bonchev–Trinajstić information content (AvgIpc) is 3.76. The van der Waals surface area contributed by atoms with Crippen LogP contribution < -0.4 is 15.4 Å². The van der Waals surface area contributed by atoms with E-state index in [0.29, 0.717) is 37.9 Å². The summed E-state index contributed by atoms with van der Waals surface area (Å²) in [6, 6.07) is 8.97. The maximum atomic E-state index is 13.7. The Labute approximate surface area is 290 Å². The van der Waals surface area contributed by atoms with Crippen molar-refractivity contribution in [3.8, 4) is 11.6 Å². The Morgan fingerprint density at radius 3 is 2.32 bits per heavy atom. The lowest BCUT2D eigenvalue weighted by Gasteiger charge is -2.35. The van der Waals surface area contributed by atoms with Crippen LogP contribution in [0.25, 0.3) is 5.69 Å². The number of esters is 1. The van der Waals surface area contributed by atoms with Crippen LogP contribution in [-0.2, 0) is 23.9 Å². The van der Waals surface area contributed by atoms with Gasteiger partial charge in [0.25, 0.3) is 11.8 Å². The van der Waals surface area contributed by atoms with Gasteiger partial charge in [-0.1, -0.05) is 18.2 Å². The monoisotopic (exact) mass is 695 g/mol. The third kappa shape index (κ3) is 9.30. The van der Waals surface area contributed by atoms with Crippen molar-refractivity contribution in [1.29, 1.82) is 0 Å². The first kappa shape index (κ1) is 36.1. The number of para-hydroxylation sites is 1. The molecule has 1 aromatic heterocycles. The molecular formula is C34H45N7O9. The Bertz CT molecular complexity index is 1540. The summed E-state index contributed by atoms with van der Waals surface area (Å²) in [5.41, 5.74) is 0.519. The predicted molar refractivity (Wildman–Crippen MR) is 177 cm³/mol. The number of hydrogen-bond donors (Lipinski definition) is 3. The molecule has 2 aliphatic heterocycles. The van der Waals surface area contributed by atoms with E-state index in [1.807, 2.05) is 6.07 Å². The van der Waals surface area contributed by atoms with Gasteiger partial charge in [-0.2, -0.15) is 5.10 Å². The molecule has 2 aromatic rings. The molecule has 2 unspecified atom stereocenters. The molecule has 1 saturated carbocycles. The number of rotatable bonds is 14. The quantitative estimate of drug-likeness (QED) is 0.193. The molecule has 16 nitrogen and oxygen atoms in total. The highest BCUT2D eigenvalue weighted by Crippen LogP contribution is 2.24. The lowest BCUT2D eigenvalue weighted by molar-refractivity contribution is -0.141. The Balaban J connectivity index is 1.28. The van der Waals surface area contributed by atoms with Crippen molar-refractivity contribution < 1.29 is 43.3 Å². The van der Waals surface area contributed by atoms with E-state index in [4.69, 9.17) is 9.47 Å². The van der Waals surface area contributed by atoms with Crippen LogP contribution in [0.15, 0.2) is 36.4 Å². The highest BCUT2D eigenvalue weighted by atomic mass is 16.5. The summed E-state index contributed by atoms with van der Waals surface area (Å²) in [4.78, 5) is 80.3. The highest BCUT2D eigenvalue weighted by Gasteiger charge is 2.36. The van der Waals surface area contributed by atoms with E-state index in [1.165, 1.54) is 27.5 Å². The number of hydrogen-bond acceptors (Lipinski definition) is 9. The van der Waals surface area contributed by atoms with E-state index in [9.17, 15) is 33.9 Å². The number of aromatic nitrogens is 2. The van der Waals surface area contributed by atoms with Gasteiger partial charge in [0.15, 0.2) is 12.3 Å². The van der Waals surface area contributed by atoms with Gasteiger partial charge < -0.3 is 39.9 Å². The Kier molecular flexibility index (Phi) is 12.3. The maximum absolute atomic E-state index is 13.7. The fourth-order valence-electron chi connectivity index (χ4n) is 6.23. The lowest BCUT2D eigenvalue weighted by atomic mass is 9.93. The first-order chi connectivity index (χ1) is 24.1. The summed E-state index contributed by atoms with van der Waals surface area (Å²) >= 11 is 0. The molecule has 0 spiro atoms. The molecule has 2 saturated heterocycles. The van der Waals surface area contributed by atoms with E-state index in [0.717, 1.165) is 19.3 Å². The normalized spacial score (nSPS) is 18.2. The molecule has 3 aliphatic rings. The predicted octanol–water partition coefficient (Wildman–Crippen LogP) is 1.56. The zero-order valence-corrected chi connectivity index (χ0v) is 28.3. The van der Waals surface area contributed by atoms with Crippen molar-refractivity contribution >= 4 is 35.7 Å². The molecule has 50 heavy (non-hydrogen) atoms. The van der Waals surface area contributed by atoms with Gasteiger partial charge in [-0.05, 0) is 63.5 Å². The number of benzene rings is 1. The van der Waals surface area contributed by atoms with Crippen molar-refractivity contribution in [2.75, 3.05) is 45.9 Å².